The first kappa shape index (κ1) is 11.6. The van der Waals surface area contributed by atoms with Crippen molar-refractivity contribution in [3.63, 3.8) is 0 Å². The maximum absolute atomic E-state index is 13.9. The lowest BCUT2D eigenvalue weighted by Crippen LogP contribution is -2.39. The molecule has 1 heterocycles. The van der Waals surface area contributed by atoms with E-state index in [1.807, 2.05) is 6.07 Å². The summed E-state index contributed by atoms with van der Waals surface area (Å²) >= 11 is 0. The van der Waals surface area contributed by atoms with E-state index in [1.54, 1.807) is 6.07 Å². The molecule has 0 bridgehead atoms. The Labute approximate surface area is 97.1 Å². The number of nitrogens with one attached hydrogen (secondary N) is 1. The van der Waals surface area contributed by atoms with Crippen molar-refractivity contribution in [3.05, 3.63) is 35.1 Å². The SMILES string of the molecule is CC1CNC(C(C)(C)C)c2cccc(F)c21. The average Bonchev–Trinajstić information content (AvgIpc) is 2.16. The molecule has 0 fully saturated rings. The van der Waals surface area contributed by atoms with Gasteiger partial charge in [-0.1, -0.05) is 39.8 Å². The molecule has 0 saturated heterocycles. The number of halogens is 1. The van der Waals surface area contributed by atoms with Crippen LogP contribution >= 0.6 is 0 Å². The molecule has 1 nitrogen and oxygen atoms in total. The summed E-state index contributed by atoms with van der Waals surface area (Å²) in [7, 11) is 0. The number of benzene rings is 1. The molecule has 1 aliphatic heterocycles. The quantitative estimate of drug-likeness (QED) is 0.705. The van der Waals surface area contributed by atoms with E-state index in [9.17, 15) is 4.39 Å². The fraction of sp³-hybridized carbons (Fsp3) is 0.571. The predicted molar refractivity (Wildman–Crippen MR) is 65.0 cm³/mol. The van der Waals surface area contributed by atoms with Crippen LogP contribution in [-0.4, -0.2) is 6.54 Å². The van der Waals surface area contributed by atoms with Crippen molar-refractivity contribution in [1.82, 2.24) is 5.32 Å². The van der Waals surface area contributed by atoms with Crippen molar-refractivity contribution in [2.75, 3.05) is 6.54 Å². The van der Waals surface area contributed by atoms with Crippen LogP contribution in [0.2, 0.25) is 0 Å². The molecule has 1 aromatic carbocycles. The Morgan fingerprint density at radius 3 is 2.62 bits per heavy atom. The average molecular weight is 221 g/mol. The van der Waals surface area contributed by atoms with Crippen LogP contribution in [-0.2, 0) is 0 Å². The van der Waals surface area contributed by atoms with Crippen molar-refractivity contribution < 1.29 is 4.39 Å². The number of hydrogen-bond donors (Lipinski definition) is 1. The molecule has 0 amide bonds. The molecule has 88 valence electrons. The normalized spacial score (nSPS) is 25.3. The summed E-state index contributed by atoms with van der Waals surface area (Å²) in [6.45, 7) is 9.50. The van der Waals surface area contributed by atoms with Crippen LogP contribution in [0.1, 0.15) is 50.8 Å². The van der Waals surface area contributed by atoms with Gasteiger partial charge in [-0.15, -0.1) is 0 Å². The van der Waals surface area contributed by atoms with Gasteiger partial charge in [-0.05, 0) is 28.5 Å². The fourth-order valence-electron chi connectivity index (χ4n) is 2.60. The van der Waals surface area contributed by atoms with Gasteiger partial charge in [0, 0.05) is 12.6 Å². The Kier molecular flexibility index (Phi) is 2.79. The molecule has 2 heteroatoms. The third-order valence-corrected chi connectivity index (χ3v) is 3.38. The second-order valence-corrected chi connectivity index (χ2v) is 5.85. The lowest BCUT2D eigenvalue weighted by molar-refractivity contribution is 0.253. The lowest BCUT2D eigenvalue weighted by atomic mass is 9.76. The molecular formula is C14H20FN. The maximum atomic E-state index is 13.9. The summed E-state index contributed by atoms with van der Waals surface area (Å²) in [5.74, 6) is 0.204. The van der Waals surface area contributed by atoms with Crippen molar-refractivity contribution >= 4 is 0 Å². The molecule has 2 atom stereocenters. The minimum absolute atomic E-state index is 0.0549. The van der Waals surface area contributed by atoms with Gasteiger partial charge in [0.25, 0.3) is 0 Å². The van der Waals surface area contributed by atoms with Gasteiger partial charge >= 0.3 is 0 Å². The molecule has 1 aliphatic rings. The summed E-state index contributed by atoms with van der Waals surface area (Å²) in [6, 6.07) is 5.68. The molecule has 1 aromatic rings. The monoisotopic (exact) mass is 221 g/mol. The van der Waals surface area contributed by atoms with Gasteiger partial charge in [0.05, 0.1) is 0 Å². The summed E-state index contributed by atoms with van der Waals surface area (Å²) in [5.41, 5.74) is 2.15. The van der Waals surface area contributed by atoms with Gasteiger partial charge in [-0.25, -0.2) is 4.39 Å². The van der Waals surface area contributed by atoms with Crippen LogP contribution in [0.3, 0.4) is 0 Å². The van der Waals surface area contributed by atoms with Crippen LogP contribution in [0, 0.1) is 11.2 Å². The molecule has 0 saturated carbocycles. The van der Waals surface area contributed by atoms with Crippen LogP contribution in [0.4, 0.5) is 4.39 Å². The first-order valence-electron chi connectivity index (χ1n) is 5.93. The first-order valence-corrected chi connectivity index (χ1v) is 5.93. The van der Waals surface area contributed by atoms with Gasteiger partial charge in [-0.2, -0.15) is 0 Å². The van der Waals surface area contributed by atoms with Crippen molar-refractivity contribution in [1.29, 1.82) is 0 Å². The molecule has 2 rings (SSSR count). The highest BCUT2D eigenvalue weighted by atomic mass is 19.1. The van der Waals surface area contributed by atoms with E-state index in [0.717, 1.165) is 17.7 Å². The van der Waals surface area contributed by atoms with E-state index >= 15 is 0 Å². The van der Waals surface area contributed by atoms with Gasteiger partial charge < -0.3 is 5.32 Å². The Bertz CT molecular complexity index is 392. The standard InChI is InChI=1S/C14H20FN/c1-9-8-16-13(14(2,3)4)10-6-5-7-11(15)12(9)10/h5-7,9,13,16H,8H2,1-4H3. The largest absolute Gasteiger partial charge is 0.309 e. The van der Waals surface area contributed by atoms with Crippen LogP contribution in [0.15, 0.2) is 18.2 Å². The summed E-state index contributed by atoms with van der Waals surface area (Å²) < 4.78 is 13.9. The second kappa shape index (κ2) is 3.85. The first-order chi connectivity index (χ1) is 7.41. The molecule has 0 aromatic heterocycles. The minimum Gasteiger partial charge on any atom is -0.309 e. The van der Waals surface area contributed by atoms with Crippen LogP contribution < -0.4 is 5.32 Å². The van der Waals surface area contributed by atoms with E-state index in [1.165, 1.54) is 0 Å². The van der Waals surface area contributed by atoms with E-state index in [2.05, 4.69) is 39.1 Å². The van der Waals surface area contributed by atoms with Gasteiger partial charge in [-0.3, -0.25) is 0 Å². The van der Waals surface area contributed by atoms with Gasteiger partial charge in [0.15, 0.2) is 0 Å². The molecular weight excluding hydrogens is 201 g/mol. The van der Waals surface area contributed by atoms with Crippen molar-refractivity contribution in [3.8, 4) is 0 Å². The molecule has 2 unspecified atom stereocenters. The number of hydrogen-bond acceptors (Lipinski definition) is 1. The topological polar surface area (TPSA) is 12.0 Å². The van der Waals surface area contributed by atoms with Crippen molar-refractivity contribution in [2.24, 2.45) is 5.41 Å². The Balaban J connectivity index is 2.53. The Morgan fingerprint density at radius 1 is 1.31 bits per heavy atom. The smallest absolute Gasteiger partial charge is 0.127 e. The third-order valence-electron chi connectivity index (χ3n) is 3.38. The summed E-state index contributed by atoms with van der Waals surface area (Å²) in [4.78, 5) is 0. The van der Waals surface area contributed by atoms with Gasteiger partial charge in [0.2, 0.25) is 0 Å². The second-order valence-electron chi connectivity index (χ2n) is 5.85. The number of rotatable bonds is 0. The highest BCUT2D eigenvalue weighted by Gasteiger charge is 2.33. The highest BCUT2D eigenvalue weighted by molar-refractivity contribution is 5.37. The molecule has 0 aliphatic carbocycles. The van der Waals surface area contributed by atoms with E-state index in [0.29, 0.717) is 0 Å². The zero-order valence-corrected chi connectivity index (χ0v) is 10.5. The number of fused-ring (bicyclic) bond motifs is 1. The molecule has 0 radical (unpaired) electrons. The predicted octanol–water partition coefficient (Wildman–Crippen LogP) is 3.62. The third kappa shape index (κ3) is 1.86. The minimum atomic E-state index is -0.0549. The van der Waals surface area contributed by atoms with Crippen molar-refractivity contribution in [2.45, 2.75) is 39.7 Å². The zero-order chi connectivity index (χ0) is 11.9. The van der Waals surface area contributed by atoms with Gasteiger partial charge in [0.1, 0.15) is 5.82 Å². The zero-order valence-electron chi connectivity index (χ0n) is 10.5. The summed E-state index contributed by atoms with van der Waals surface area (Å²) in [6.07, 6.45) is 0. The Hall–Kier alpha value is -0.890. The molecule has 1 N–H and O–H groups in total. The van der Waals surface area contributed by atoms with Crippen LogP contribution in [0.25, 0.3) is 0 Å². The van der Waals surface area contributed by atoms with Crippen LogP contribution in [0.5, 0.6) is 0 Å². The van der Waals surface area contributed by atoms with E-state index in [4.69, 9.17) is 0 Å². The van der Waals surface area contributed by atoms with E-state index < -0.39 is 0 Å². The van der Waals surface area contributed by atoms with E-state index in [-0.39, 0.29) is 23.2 Å². The molecule has 0 spiro atoms. The molecule has 16 heavy (non-hydrogen) atoms. The summed E-state index contributed by atoms with van der Waals surface area (Å²) in [5, 5.41) is 3.53. The highest BCUT2D eigenvalue weighted by Crippen LogP contribution is 2.40. The lowest BCUT2D eigenvalue weighted by Gasteiger charge is -2.39. The fourth-order valence-corrected chi connectivity index (χ4v) is 2.60. The Morgan fingerprint density at radius 2 is 2.00 bits per heavy atom. The maximum Gasteiger partial charge on any atom is 0.127 e.